The minimum absolute atomic E-state index is 0.0389. The highest BCUT2D eigenvalue weighted by Crippen LogP contribution is 2.38. The second-order valence-corrected chi connectivity index (χ2v) is 26.1. The van der Waals surface area contributed by atoms with E-state index in [2.05, 4.69) is 127 Å². The number of fused-ring (bicyclic) bond motifs is 2. The van der Waals surface area contributed by atoms with Crippen molar-refractivity contribution in [3.05, 3.63) is 47.5 Å². The highest BCUT2D eigenvalue weighted by atomic mass is 127. The van der Waals surface area contributed by atoms with E-state index in [1.54, 1.807) is 36.4 Å². The molecule has 0 bridgehead atoms. The molecular formula is C29H38I5NO6. The molecule has 0 amide bonds. The number of ether oxygens (including phenoxy) is 4. The van der Waals surface area contributed by atoms with Gasteiger partial charge >= 0.3 is 0 Å². The minimum atomic E-state index is 0.0389. The summed E-state index contributed by atoms with van der Waals surface area (Å²) in [5, 5.41) is 0. The molecule has 12 heteroatoms. The third-order valence-electron chi connectivity index (χ3n) is 5.31. The average Bonchev–Trinajstić information content (AvgIpc) is 2.95. The van der Waals surface area contributed by atoms with E-state index >= 15 is 0 Å². The lowest BCUT2D eigenvalue weighted by molar-refractivity contribution is 0.0969. The van der Waals surface area contributed by atoms with Crippen LogP contribution in [0.15, 0.2) is 36.4 Å². The van der Waals surface area contributed by atoms with E-state index in [0.29, 0.717) is 54.9 Å². The Balaban J connectivity index is 0.000000308. The quantitative estimate of drug-likeness (QED) is 0.156. The minimum Gasteiger partial charge on any atom is -0.486 e. The molecule has 230 valence electrons. The molecule has 2 aromatic rings. The number of hydrogen-bond acceptors (Lipinski definition) is 7. The number of benzene rings is 2. The summed E-state index contributed by atoms with van der Waals surface area (Å²) in [6.07, 6.45) is 3.03. The molecule has 0 saturated carbocycles. The molecule has 41 heavy (non-hydrogen) atoms. The molecule has 7 nitrogen and oxygen atoms in total. The van der Waals surface area contributed by atoms with E-state index in [0.717, 1.165) is 20.0 Å². The molecule has 0 atom stereocenters. The van der Waals surface area contributed by atoms with E-state index < -0.39 is 0 Å². The van der Waals surface area contributed by atoms with Crippen molar-refractivity contribution in [2.75, 3.05) is 47.1 Å². The van der Waals surface area contributed by atoms with Crippen molar-refractivity contribution in [3.8, 4) is 23.0 Å². The van der Waals surface area contributed by atoms with Crippen LogP contribution in [0.3, 0.4) is 0 Å². The molecule has 0 aromatic heterocycles. The molecule has 4 rings (SSSR count). The number of nitrogens with zero attached hydrogens (tertiary/aromatic N) is 1. The first-order valence-electron chi connectivity index (χ1n) is 13.1. The van der Waals surface area contributed by atoms with Gasteiger partial charge in [-0.3, -0.25) is 9.59 Å². The zero-order chi connectivity index (χ0) is 31.0. The number of carbonyl (C=O) groups excluding carboxylic acids is 2. The lowest BCUT2D eigenvalue weighted by atomic mass is 10.1. The smallest absolute Gasteiger partial charge is 0.164 e. The summed E-state index contributed by atoms with van der Waals surface area (Å²) >= 11 is 12.0. The largest absolute Gasteiger partial charge is 0.486 e. The fourth-order valence-corrected chi connectivity index (χ4v) is 2.95. The summed E-state index contributed by atoms with van der Waals surface area (Å²) in [5.74, 6) is 2.95. The van der Waals surface area contributed by atoms with Crippen molar-refractivity contribution < 1.29 is 28.5 Å². The fourth-order valence-electron chi connectivity index (χ4n) is 2.95. The number of halogens is 5. The molecule has 2 aliphatic rings. The Morgan fingerprint density at radius 3 is 1.56 bits per heavy atom. The van der Waals surface area contributed by atoms with Crippen LogP contribution >= 0.6 is 113 Å². The predicted molar refractivity (Wildman–Crippen MR) is 210 cm³/mol. The van der Waals surface area contributed by atoms with Crippen molar-refractivity contribution >= 4 is 125 Å². The van der Waals surface area contributed by atoms with Gasteiger partial charge in [-0.05, 0) is 70.3 Å². The van der Waals surface area contributed by atoms with Crippen molar-refractivity contribution in [3.63, 3.8) is 0 Å². The number of Topliss-reactive ketones (excluding diaryl/α,β-unsaturated/α-hetero) is 2. The molecule has 0 unspecified atom stereocenters. The summed E-state index contributed by atoms with van der Waals surface area (Å²) in [5.41, 5.74) is 1.35. The third-order valence-corrected chi connectivity index (χ3v) is 9.36. The van der Waals surface area contributed by atoms with Crippen molar-refractivity contribution in [2.24, 2.45) is 0 Å². The highest BCUT2D eigenvalue weighted by Gasteiger charge is 2.15. The summed E-state index contributed by atoms with van der Waals surface area (Å²) in [4.78, 5) is 24.9. The molecule has 0 N–H and O–H groups in total. The van der Waals surface area contributed by atoms with Gasteiger partial charge in [0.05, 0.1) is 1.93 Å². The van der Waals surface area contributed by atoms with Crippen molar-refractivity contribution in [2.45, 2.75) is 41.4 Å². The standard InChI is InChI=1S/C13H17NO3.C10H10O3.C3H5I3.C3H6I2/c1-14(2)6-5-11(15)10-3-4-12-13(9-10)17-8-7-16-12;1-7(11)8-2-3-9-10(6-8)13-5-4-12-9;1-2-3(4,5)6;1-2-3(4)5/h3-4,9H,5-8H2,1-2H3;2-3,6H,4-5H2,1H3;2H2,1H3;3H,2H2,1H3. The van der Waals surface area contributed by atoms with Crippen molar-refractivity contribution in [1.29, 1.82) is 0 Å². The zero-order valence-electron chi connectivity index (χ0n) is 24.0. The van der Waals surface area contributed by atoms with Crippen LogP contribution in [-0.2, 0) is 0 Å². The van der Waals surface area contributed by atoms with Crippen LogP contribution in [-0.4, -0.2) is 64.9 Å². The van der Waals surface area contributed by atoms with Crippen LogP contribution in [0.25, 0.3) is 0 Å². The lowest BCUT2D eigenvalue weighted by Crippen LogP contribution is -2.18. The molecule has 2 aromatic carbocycles. The van der Waals surface area contributed by atoms with Gasteiger partial charge in [-0.15, -0.1) is 0 Å². The van der Waals surface area contributed by atoms with Crippen LogP contribution in [0.1, 0.15) is 60.7 Å². The number of rotatable bonds is 7. The Morgan fingerprint density at radius 1 is 0.805 bits per heavy atom. The maximum atomic E-state index is 11.9. The number of hydrogen-bond donors (Lipinski definition) is 0. The first-order valence-corrected chi connectivity index (χ1v) is 18.8. The van der Waals surface area contributed by atoms with E-state index in [1.807, 2.05) is 19.0 Å². The predicted octanol–water partition coefficient (Wildman–Crippen LogP) is 9.20. The van der Waals surface area contributed by atoms with Gasteiger partial charge in [-0.25, -0.2) is 0 Å². The average molecular weight is 1130 g/mol. The van der Waals surface area contributed by atoms with Crippen LogP contribution in [0.4, 0.5) is 0 Å². The Morgan fingerprint density at radius 2 is 1.20 bits per heavy atom. The molecule has 0 saturated heterocycles. The van der Waals surface area contributed by atoms with Crippen LogP contribution in [0.5, 0.6) is 23.0 Å². The summed E-state index contributed by atoms with van der Waals surface area (Å²) in [6.45, 7) is 8.90. The zero-order valence-corrected chi connectivity index (χ0v) is 34.8. The van der Waals surface area contributed by atoms with Gasteiger partial charge in [0.25, 0.3) is 0 Å². The van der Waals surface area contributed by atoms with E-state index in [1.165, 1.54) is 19.8 Å². The molecule has 0 aliphatic carbocycles. The summed E-state index contributed by atoms with van der Waals surface area (Å²) in [6, 6.07) is 10.6. The van der Waals surface area contributed by atoms with Gasteiger partial charge in [0.1, 0.15) is 25.9 Å². The summed E-state index contributed by atoms with van der Waals surface area (Å²) in [7, 11) is 3.91. The molecule has 2 heterocycles. The molecule has 0 fully saturated rings. The fraction of sp³-hybridized carbons (Fsp3) is 0.517. The maximum absolute atomic E-state index is 11.9. The van der Waals surface area contributed by atoms with Crippen LogP contribution < -0.4 is 18.9 Å². The van der Waals surface area contributed by atoms with Crippen LogP contribution in [0, 0.1) is 0 Å². The Labute approximate surface area is 313 Å². The normalized spacial score (nSPS) is 13.1. The van der Waals surface area contributed by atoms with Gasteiger partial charge < -0.3 is 23.8 Å². The SMILES string of the molecule is CC(=O)c1ccc2c(c1)OCCO2.CCC(I)(I)I.CCC(I)I.CN(C)CCC(=O)c1ccc2c(c1)OCCO2. The molecule has 0 radical (unpaired) electrons. The molecular weight excluding hydrogens is 1090 g/mol. The second-order valence-electron chi connectivity index (χ2n) is 9.02. The van der Waals surface area contributed by atoms with Crippen molar-refractivity contribution in [1.82, 2.24) is 4.90 Å². The van der Waals surface area contributed by atoms with Gasteiger partial charge in [0.15, 0.2) is 34.6 Å². The summed E-state index contributed by atoms with van der Waals surface area (Å²) < 4.78 is 22.8. The first kappa shape index (κ1) is 39.6. The monoisotopic (exact) mass is 1130 g/mol. The number of alkyl halides is 5. The lowest BCUT2D eigenvalue weighted by Gasteiger charge is -2.18. The Hall–Kier alpha value is 0.590. The van der Waals surface area contributed by atoms with E-state index in [9.17, 15) is 9.59 Å². The first-order chi connectivity index (χ1) is 19.3. The van der Waals surface area contributed by atoms with Crippen LogP contribution in [0.2, 0.25) is 0 Å². The van der Waals surface area contributed by atoms with Gasteiger partial charge in [-0.2, -0.15) is 0 Å². The van der Waals surface area contributed by atoms with E-state index in [-0.39, 0.29) is 11.6 Å². The van der Waals surface area contributed by atoms with E-state index in [4.69, 9.17) is 18.9 Å². The second kappa shape index (κ2) is 21.3. The molecule has 2 aliphatic heterocycles. The van der Waals surface area contributed by atoms with Gasteiger partial charge in [0.2, 0.25) is 0 Å². The van der Waals surface area contributed by atoms with Gasteiger partial charge in [0, 0.05) is 24.1 Å². The number of ketones is 2. The highest BCUT2D eigenvalue weighted by molar-refractivity contribution is 14.3. The Kier molecular flexibility index (Phi) is 20.6. The van der Waals surface area contributed by atoms with Gasteiger partial charge in [-0.1, -0.05) is 127 Å². The molecule has 0 spiro atoms. The topological polar surface area (TPSA) is 74.3 Å². The number of carbonyl (C=O) groups is 2. The third kappa shape index (κ3) is 17.6. The Bertz CT molecular complexity index is 1090. The maximum Gasteiger partial charge on any atom is 0.164 e.